The largest absolute Gasteiger partial charge is 0.497 e. The van der Waals surface area contributed by atoms with Gasteiger partial charge >= 0.3 is 12.1 Å². The Kier molecular flexibility index (Phi) is 9.83. The van der Waals surface area contributed by atoms with Crippen LogP contribution in [0.15, 0.2) is 66.9 Å². The van der Waals surface area contributed by atoms with E-state index in [1.807, 2.05) is 36.4 Å². The van der Waals surface area contributed by atoms with E-state index in [2.05, 4.69) is 17.2 Å². The number of hydrogen-bond donors (Lipinski definition) is 3. The van der Waals surface area contributed by atoms with Crippen molar-refractivity contribution in [3.05, 3.63) is 99.7 Å². The van der Waals surface area contributed by atoms with E-state index >= 15 is 0 Å². The van der Waals surface area contributed by atoms with Crippen molar-refractivity contribution in [1.82, 2.24) is 10.3 Å². The minimum atomic E-state index is -4.57. The minimum absolute atomic E-state index is 0.00975. The molecule has 0 saturated carbocycles. The number of amides is 1. The number of carboxylic acids is 1. The third-order valence-electron chi connectivity index (χ3n) is 7.43. The molecule has 6 nitrogen and oxygen atoms in total. The molecular weight excluding hydrogens is 569 g/mol. The van der Waals surface area contributed by atoms with Gasteiger partial charge in [-0.15, -0.1) is 0 Å². The van der Waals surface area contributed by atoms with Crippen molar-refractivity contribution in [2.75, 3.05) is 13.7 Å². The predicted molar refractivity (Wildman–Crippen MR) is 156 cm³/mol. The van der Waals surface area contributed by atoms with Gasteiger partial charge in [-0.1, -0.05) is 55.6 Å². The molecule has 3 N–H and O–H groups in total. The van der Waals surface area contributed by atoms with Crippen LogP contribution in [0.4, 0.5) is 13.2 Å². The number of carbonyl (C=O) groups excluding carboxylic acids is 1. The molecule has 42 heavy (non-hydrogen) atoms. The predicted octanol–water partition coefficient (Wildman–Crippen LogP) is 8.16. The first-order valence-corrected chi connectivity index (χ1v) is 14.0. The zero-order valence-electron chi connectivity index (χ0n) is 23.2. The molecule has 2 atom stereocenters. The lowest BCUT2D eigenvalue weighted by molar-refractivity contribution is -0.137. The molecule has 4 aromatic rings. The molecular formula is C32H32ClF3N2O4. The molecule has 0 radical (unpaired) electrons. The Morgan fingerprint density at radius 3 is 2.29 bits per heavy atom. The van der Waals surface area contributed by atoms with Gasteiger partial charge in [0.15, 0.2) is 0 Å². The summed E-state index contributed by atoms with van der Waals surface area (Å²) in [5.74, 6) is -1.30. The summed E-state index contributed by atoms with van der Waals surface area (Å²) >= 11 is 6.59. The average molecular weight is 601 g/mol. The summed E-state index contributed by atoms with van der Waals surface area (Å²) in [4.78, 5) is 26.2. The number of nitrogens with one attached hydrogen (secondary N) is 2. The summed E-state index contributed by atoms with van der Waals surface area (Å²) in [7, 11) is 1.56. The standard InChI is InChI=1S/C32H32ClF3N2O4/c1-3-4-5-23(19-6-8-21(9-7-19)31(41)37-17-16-27(39)40)28(20-10-12-22(42-2)13-11-20)24-18-38-30-25(32(34,35)36)14-15-26(33)29(24)30/h6-15,18,23,28,38H,3-5,16-17H2,1-2H3,(H,37,41)(H,39,40). The molecule has 1 amide bonds. The van der Waals surface area contributed by atoms with Crippen LogP contribution in [0.2, 0.25) is 5.02 Å². The van der Waals surface area contributed by atoms with Crippen LogP contribution in [0.1, 0.15) is 77.1 Å². The molecule has 1 heterocycles. The number of carboxylic acid groups (broad SMARTS) is 1. The highest BCUT2D eigenvalue weighted by molar-refractivity contribution is 6.36. The topological polar surface area (TPSA) is 91.4 Å². The quantitative estimate of drug-likeness (QED) is 0.153. The van der Waals surface area contributed by atoms with Crippen molar-refractivity contribution in [3.63, 3.8) is 0 Å². The number of ether oxygens (including phenoxy) is 1. The average Bonchev–Trinajstić information content (AvgIpc) is 3.40. The molecule has 0 fully saturated rings. The number of carbonyl (C=O) groups is 2. The SMILES string of the molecule is CCCCC(c1ccc(C(=O)NCCC(=O)O)cc1)C(c1ccc(OC)cc1)c1c[nH]c2c(C(F)(F)F)ccc(Cl)c12. The van der Waals surface area contributed by atoms with E-state index in [-0.39, 0.29) is 41.2 Å². The van der Waals surface area contributed by atoms with Crippen LogP contribution in [0.5, 0.6) is 5.75 Å². The van der Waals surface area contributed by atoms with E-state index < -0.39 is 17.7 Å². The molecule has 0 spiro atoms. The number of rotatable bonds is 12. The molecule has 0 aliphatic rings. The minimum Gasteiger partial charge on any atom is -0.497 e. The monoisotopic (exact) mass is 600 g/mol. The summed E-state index contributed by atoms with van der Waals surface area (Å²) in [6.07, 6.45) is -0.648. The second-order valence-electron chi connectivity index (χ2n) is 10.1. The van der Waals surface area contributed by atoms with Crippen LogP contribution in [0.25, 0.3) is 10.9 Å². The van der Waals surface area contributed by atoms with E-state index in [0.29, 0.717) is 22.3 Å². The van der Waals surface area contributed by atoms with Gasteiger partial charge in [0.25, 0.3) is 5.91 Å². The summed E-state index contributed by atoms with van der Waals surface area (Å²) < 4.78 is 47.2. The number of H-pyrrole nitrogens is 1. The zero-order valence-corrected chi connectivity index (χ0v) is 24.0. The summed E-state index contributed by atoms with van der Waals surface area (Å²) in [6.45, 7) is 2.08. The van der Waals surface area contributed by atoms with Crippen LogP contribution < -0.4 is 10.1 Å². The highest BCUT2D eigenvalue weighted by Crippen LogP contribution is 2.47. The number of methoxy groups -OCH3 is 1. The van der Waals surface area contributed by atoms with Crippen LogP contribution in [0, 0.1) is 0 Å². The van der Waals surface area contributed by atoms with E-state index in [4.69, 9.17) is 21.4 Å². The molecule has 3 aromatic carbocycles. The maximum atomic E-state index is 13.9. The Balaban J connectivity index is 1.84. The molecule has 2 unspecified atom stereocenters. The summed E-state index contributed by atoms with van der Waals surface area (Å²) in [5, 5.41) is 12.0. The highest BCUT2D eigenvalue weighted by atomic mass is 35.5. The number of hydrogen-bond acceptors (Lipinski definition) is 3. The summed E-state index contributed by atoms with van der Waals surface area (Å²) in [5.41, 5.74) is 1.95. The first kappa shape index (κ1) is 31.0. The molecule has 0 aliphatic heterocycles. The van der Waals surface area contributed by atoms with E-state index in [1.165, 1.54) is 6.07 Å². The van der Waals surface area contributed by atoms with Gasteiger partial charge in [-0.2, -0.15) is 13.2 Å². The Morgan fingerprint density at radius 1 is 1.02 bits per heavy atom. The zero-order chi connectivity index (χ0) is 30.4. The fourth-order valence-electron chi connectivity index (χ4n) is 5.37. The fraction of sp³-hybridized carbons (Fsp3) is 0.312. The van der Waals surface area contributed by atoms with Gasteiger partial charge in [-0.25, -0.2) is 0 Å². The van der Waals surface area contributed by atoms with Crippen LogP contribution >= 0.6 is 11.6 Å². The van der Waals surface area contributed by atoms with Crippen molar-refractivity contribution in [1.29, 1.82) is 0 Å². The lowest BCUT2D eigenvalue weighted by atomic mass is 9.74. The van der Waals surface area contributed by atoms with Gasteiger partial charge in [0.1, 0.15) is 5.75 Å². The molecule has 0 bridgehead atoms. The lowest BCUT2D eigenvalue weighted by Gasteiger charge is -2.29. The third kappa shape index (κ3) is 6.90. The van der Waals surface area contributed by atoms with Crippen molar-refractivity contribution in [2.24, 2.45) is 0 Å². The Bertz CT molecular complexity index is 1530. The molecule has 1 aromatic heterocycles. The lowest BCUT2D eigenvalue weighted by Crippen LogP contribution is -2.26. The van der Waals surface area contributed by atoms with E-state index in [9.17, 15) is 22.8 Å². The molecule has 222 valence electrons. The van der Waals surface area contributed by atoms with Crippen molar-refractivity contribution in [3.8, 4) is 5.75 Å². The van der Waals surface area contributed by atoms with Crippen LogP contribution in [-0.2, 0) is 11.0 Å². The number of aromatic nitrogens is 1. The molecule has 4 rings (SSSR count). The van der Waals surface area contributed by atoms with Crippen molar-refractivity contribution in [2.45, 2.75) is 50.6 Å². The summed E-state index contributed by atoms with van der Waals surface area (Å²) in [6, 6.07) is 16.8. The van der Waals surface area contributed by atoms with Crippen LogP contribution in [-0.4, -0.2) is 35.6 Å². The number of halogens is 4. The smallest absolute Gasteiger partial charge is 0.418 e. The first-order valence-electron chi connectivity index (χ1n) is 13.7. The Labute approximate surface area is 246 Å². The van der Waals surface area contributed by atoms with Gasteiger partial charge in [-0.3, -0.25) is 9.59 Å². The van der Waals surface area contributed by atoms with Gasteiger partial charge in [-0.05, 0) is 65.4 Å². The number of unbranched alkanes of at least 4 members (excludes halogenated alkanes) is 1. The Hall–Kier alpha value is -3.98. The van der Waals surface area contributed by atoms with Gasteiger partial charge in [0.05, 0.1) is 29.6 Å². The second kappa shape index (κ2) is 13.3. The maximum absolute atomic E-state index is 13.9. The number of fused-ring (bicyclic) bond motifs is 1. The van der Waals surface area contributed by atoms with Gasteiger partial charge < -0.3 is 20.1 Å². The first-order chi connectivity index (χ1) is 20.0. The maximum Gasteiger partial charge on any atom is 0.418 e. The van der Waals surface area contributed by atoms with Crippen molar-refractivity contribution >= 4 is 34.4 Å². The Morgan fingerprint density at radius 2 is 1.69 bits per heavy atom. The molecule has 0 saturated heterocycles. The number of aliphatic carboxylic acids is 1. The van der Waals surface area contributed by atoms with E-state index in [0.717, 1.165) is 36.5 Å². The normalized spacial score (nSPS) is 13.1. The number of alkyl halides is 3. The molecule has 10 heteroatoms. The number of aromatic amines is 1. The van der Waals surface area contributed by atoms with Gasteiger partial charge in [0, 0.05) is 29.6 Å². The van der Waals surface area contributed by atoms with Crippen molar-refractivity contribution < 1.29 is 32.6 Å². The van der Waals surface area contributed by atoms with Crippen LogP contribution in [0.3, 0.4) is 0 Å². The van der Waals surface area contributed by atoms with Gasteiger partial charge in [0.2, 0.25) is 0 Å². The number of benzene rings is 3. The third-order valence-corrected chi connectivity index (χ3v) is 7.74. The fourth-order valence-corrected chi connectivity index (χ4v) is 5.64. The second-order valence-corrected chi connectivity index (χ2v) is 10.5. The highest BCUT2D eigenvalue weighted by Gasteiger charge is 2.36. The molecule has 0 aliphatic carbocycles. The van der Waals surface area contributed by atoms with E-state index in [1.54, 1.807) is 25.4 Å².